The summed E-state index contributed by atoms with van der Waals surface area (Å²) in [7, 11) is -2.58. The molecule has 14 nitrogen and oxygen atoms in total. The number of aliphatic hydroxyl groups excluding tert-OH is 1. The van der Waals surface area contributed by atoms with Crippen molar-refractivity contribution >= 4 is 61.9 Å². The van der Waals surface area contributed by atoms with Gasteiger partial charge in [0.15, 0.2) is 0 Å². The number of allylic oxidation sites excluding steroid dienone is 1. The normalized spacial score (nSPS) is 19.2. The molecule has 0 aromatic heterocycles. The molecule has 0 bridgehead atoms. The van der Waals surface area contributed by atoms with E-state index in [0.717, 1.165) is 106 Å². The zero-order valence-corrected chi connectivity index (χ0v) is 40.4. The average molecular weight is 960 g/mol. The lowest BCUT2D eigenvalue weighted by atomic mass is 9.71. The number of thioether (sulfide) groups is 1. The third kappa shape index (κ3) is 13.6. The van der Waals surface area contributed by atoms with Crippen LogP contribution in [0.25, 0.3) is 5.57 Å². The van der Waals surface area contributed by atoms with E-state index in [1.165, 1.54) is 28.8 Å². The summed E-state index contributed by atoms with van der Waals surface area (Å²) >= 11 is 7.89. The number of anilines is 2. The second-order valence-corrected chi connectivity index (χ2v) is 21.3. The first kappa shape index (κ1) is 49.4. The van der Waals surface area contributed by atoms with Gasteiger partial charge in [0.1, 0.15) is 5.69 Å². The Kier molecular flexibility index (Phi) is 17.2. The van der Waals surface area contributed by atoms with Crippen LogP contribution >= 0.6 is 23.4 Å². The second-order valence-electron chi connectivity index (χ2n) is 18.1. The quantitative estimate of drug-likeness (QED) is 0.0411. The van der Waals surface area contributed by atoms with E-state index in [1.54, 1.807) is 23.9 Å². The Hall–Kier alpha value is -4.52. The monoisotopic (exact) mass is 958 g/mol. The third-order valence-corrected chi connectivity index (χ3v) is 15.7. The molecule has 4 aromatic carbocycles. The Bertz CT molecular complexity index is 2400. The van der Waals surface area contributed by atoms with Gasteiger partial charge < -0.3 is 30.4 Å². The van der Waals surface area contributed by atoms with Crippen molar-refractivity contribution in [2.45, 2.75) is 48.4 Å². The zero-order chi connectivity index (χ0) is 46.7. The number of amides is 1. The molecule has 2 aliphatic heterocycles. The van der Waals surface area contributed by atoms with Gasteiger partial charge in [-0.05, 0) is 116 Å². The molecule has 1 unspecified atom stereocenters. The summed E-state index contributed by atoms with van der Waals surface area (Å²) in [5, 5.41) is 29.2. The highest BCUT2D eigenvalue weighted by Crippen LogP contribution is 2.44. The molecular weight excluding hydrogens is 896 g/mol. The number of carbonyl (C=O) groups is 1. The van der Waals surface area contributed by atoms with E-state index in [1.807, 2.05) is 66.5 Å². The SMILES string of the molecule is CN(CCO)CCC(CSc1ccccc1)Nc1ccc(S(=O)(=O)NC(=O)c2ccc(N3CCN(CC4=C(c5ccc(Cl)cc5)CC[C@@](C)(CN5CCNCC5)C4)CC3)cc2)cc1[N+](=O)[O-]. The number of likely N-dealkylation sites (N-methyl/N-ethyl adjacent to an activating group) is 1. The second kappa shape index (κ2) is 23.0. The van der Waals surface area contributed by atoms with Crippen LogP contribution in [0.5, 0.6) is 0 Å². The van der Waals surface area contributed by atoms with Gasteiger partial charge in [0.05, 0.1) is 16.4 Å². The lowest BCUT2D eigenvalue weighted by Crippen LogP contribution is -2.49. The molecule has 4 N–H and O–H groups in total. The van der Waals surface area contributed by atoms with E-state index in [2.05, 4.69) is 49.1 Å². The number of hydrogen-bond acceptors (Lipinski definition) is 13. The van der Waals surface area contributed by atoms with E-state index < -0.39 is 31.4 Å². The third-order valence-electron chi connectivity index (χ3n) is 12.9. The fourth-order valence-electron chi connectivity index (χ4n) is 9.25. The summed E-state index contributed by atoms with van der Waals surface area (Å²) in [6, 6.07) is 28.4. The molecule has 1 amide bonds. The average Bonchev–Trinajstić information content (AvgIpc) is 3.31. The first-order valence-electron chi connectivity index (χ1n) is 22.8. The minimum Gasteiger partial charge on any atom is -0.395 e. The number of piperazine rings is 2. The Morgan fingerprint density at radius 3 is 2.35 bits per heavy atom. The number of nitrogens with one attached hydrogen (secondary N) is 3. The lowest BCUT2D eigenvalue weighted by Gasteiger charge is -2.43. The maximum Gasteiger partial charge on any atom is 0.293 e. The predicted molar refractivity (Wildman–Crippen MR) is 266 cm³/mol. The van der Waals surface area contributed by atoms with Gasteiger partial charge in [-0.25, -0.2) is 13.1 Å². The van der Waals surface area contributed by atoms with Crippen molar-refractivity contribution < 1.29 is 23.2 Å². The molecule has 2 saturated heterocycles. The van der Waals surface area contributed by atoms with Crippen molar-refractivity contribution in [3.05, 3.63) is 129 Å². The van der Waals surface area contributed by atoms with Crippen LogP contribution in [-0.4, -0.2) is 143 Å². The van der Waals surface area contributed by atoms with Gasteiger partial charge in [0.25, 0.3) is 21.6 Å². The van der Waals surface area contributed by atoms with Crippen LogP contribution in [0.15, 0.2) is 112 Å². The van der Waals surface area contributed by atoms with E-state index >= 15 is 0 Å². The molecule has 0 spiro atoms. The van der Waals surface area contributed by atoms with Gasteiger partial charge in [0.2, 0.25) is 0 Å². The highest BCUT2D eigenvalue weighted by Gasteiger charge is 2.35. The maximum atomic E-state index is 13.5. The molecule has 4 aromatic rings. The van der Waals surface area contributed by atoms with E-state index in [-0.39, 0.29) is 29.3 Å². The summed E-state index contributed by atoms with van der Waals surface area (Å²) in [5.74, 6) is -0.246. The van der Waals surface area contributed by atoms with E-state index in [0.29, 0.717) is 25.3 Å². The number of sulfonamides is 1. The first-order valence-corrected chi connectivity index (χ1v) is 25.7. The van der Waals surface area contributed by atoms with Gasteiger partial charge in [0, 0.05) is 111 Å². The van der Waals surface area contributed by atoms with Crippen LogP contribution < -0.4 is 20.3 Å². The fourth-order valence-corrected chi connectivity index (χ4v) is 11.4. The minimum absolute atomic E-state index is 0.0135. The van der Waals surface area contributed by atoms with Gasteiger partial charge >= 0.3 is 0 Å². The Balaban J connectivity index is 0.962. The molecule has 17 heteroatoms. The molecule has 66 heavy (non-hydrogen) atoms. The molecule has 2 heterocycles. The number of nitrogens with zero attached hydrogens (tertiary/aromatic N) is 5. The van der Waals surface area contributed by atoms with Gasteiger partial charge in [-0.15, -0.1) is 11.8 Å². The minimum atomic E-state index is -4.47. The number of nitro groups is 1. The Morgan fingerprint density at radius 2 is 1.67 bits per heavy atom. The van der Waals surface area contributed by atoms with Crippen molar-refractivity contribution in [3.8, 4) is 0 Å². The van der Waals surface area contributed by atoms with Crippen LogP contribution in [0.2, 0.25) is 5.02 Å². The molecule has 2 atom stereocenters. The smallest absolute Gasteiger partial charge is 0.293 e. The highest BCUT2D eigenvalue weighted by molar-refractivity contribution is 7.99. The number of hydrogen-bond donors (Lipinski definition) is 4. The number of rotatable bonds is 20. The predicted octanol–water partition coefficient (Wildman–Crippen LogP) is 6.93. The summed E-state index contributed by atoms with van der Waals surface area (Å²) in [6.45, 7) is 13.2. The molecule has 1 aliphatic carbocycles. The largest absolute Gasteiger partial charge is 0.395 e. The standard InChI is InChI=1S/C49H63ClN8O6S2/c1-49(36-56-24-21-51-22-25-56)20-18-45(37-8-12-40(50)13-9-37)39(33-49)34-55-26-28-57(29-27-55)42-14-10-38(11-15-42)48(60)53-66(63,64)44-16-17-46(47(32-44)58(61)62)52-41(19-23-54(2)30-31-59)35-65-43-6-4-3-5-7-43/h3-17,32,41,51-52,59H,18-31,33-36H2,1-2H3,(H,53,60)/t41?,49-/m1/s1. The zero-order valence-electron chi connectivity index (χ0n) is 38.0. The van der Waals surface area contributed by atoms with Crippen molar-refractivity contribution in [1.29, 1.82) is 0 Å². The molecule has 2 fully saturated rings. The molecular formula is C49H63ClN8O6S2. The molecule has 0 radical (unpaired) electrons. The maximum absolute atomic E-state index is 13.5. The number of halogens is 1. The van der Waals surface area contributed by atoms with Crippen molar-refractivity contribution in [1.82, 2.24) is 24.7 Å². The van der Waals surface area contributed by atoms with Crippen molar-refractivity contribution in [2.75, 3.05) is 108 Å². The molecule has 3 aliphatic rings. The van der Waals surface area contributed by atoms with Gasteiger partial charge in [-0.1, -0.05) is 54.4 Å². The van der Waals surface area contributed by atoms with Gasteiger partial charge in [-0.3, -0.25) is 19.8 Å². The fraction of sp³-hybridized carbons (Fsp3) is 0.449. The Labute approximate surface area is 399 Å². The summed E-state index contributed by atoms with van der Waals surface area (Å²) < 4.78 is 29.2. The van der Waals surface area contributed by atoms with E-state index in [4.69, 9.17) is 11.6 Å². The van der Waals surface area contributed by atoms with E-state index in [9.17, 15) is 28.4 Å². The number of aliphatic hydroxyl groups is 1. The molecule has 354 valence electrons. The molecule has 0 saturated carbocycles. The summed E-state index contributed by atoms with van der Waals surface area (Å²) in [5.41, 5.74) is 5.27. The van der Waals surface area contributed by atoms with Crippen LogP contribution in [-0.2, 0) is 10.0 Å². The van der Waals surface area contributed by atoms with Crippen molar-refractivity contribution in [2.24, 2.45) is 5.41 Å². The van der Waals surface area contributed by atoms with Gasteiger partial charge in [-0.2, -0.15) is 0 Å². The molecule has 7 rings (SSSR count). The van der Waals surface area contributed by atoms with Crippen LogP contribution in [0.1, 0.15) is 48.5 Å². The number of carbonyl (C=O) groups excluding carboxylic acids is 1. The van der Waals surface area contributed by atoms with Crippen LogP contribution in [0.4, 0.5) is 17.1 Å². The number of nitro benzene ring substituents is 1. The number of benzene rings is 4. The van der Waals surface area contributed by atoms with Crippen LogP contribution in [0, 0.1) is 15.5 Å². The highest BCUT2D eigenvalue weighted by atomic mass is 35.5. The Morgan fingerprint density at radius 1 is 0.955 bits per heavy atom. The summed E-state index contributed by atoms with van der Waals surface area (Å²) in [4.78, 5) is 35.1. The first-order chi connectivity index (χ1) is 31.8. The van der Waals surface area contributed by atoms with Crippen LogP contribution in [0.3, 0.4) is 0 Å². The summed E-state index contributed by atoms with van der Waals surface area (Å²) in [6.07, 6.45) is 3.88. The topological polar surface area (TPSA) is 164 Å². The lowest BCUT2D eigenvalue weighted by molar-refractivity contribution is -0.384. The van der Waals surface area contributed by atoms with Crippen molar-refractivity contribution in [3.63, 3.8) is 0 Å².